The summed E-state index contributed by atoms with van der Waals surface area (Å²) < 4.78 is 37.7. The smallest absolute Gasteiger partial charge is 0.251 e. The van der Waals surface area contributed by atoms with Crippen LogP contribution < -0.4 is 5.32 Å². The van der Waals surface area contributed by atoms with E-state index in [0.29, 0.717) is 38.1 Å². The lowest BCUT2D eigenvalue weighted by Gasteiger charge is -2.35. The van der Waals surface area contributed by atoms with Crippen molar-refractivity contribution in [2.45, 2.75) is 51.7 Å². The number of piperazine rings is 1. The van der Waals surface area contributed by atoms with Crippen LogP contribution in [0.25, 0.3) is 0 Å². The largest absolute Gasteiger partial charge is 0.368 e. The quantitative estimate of drug-likeness (QED) is 0.460. The monoisotopic (exact) mass is 445 g/mol. The second-order valence-corrected chi connectivity index (χ2v) is 10.8. The molecule has 3 aliphatic rings. The molecule has 3 fully saturated rings. The first-order chi connectivity index (χ1) is 14.3. The van der Waals surface area contributed by atoms with Gasteiger partial charge in [0, 0.05) is 32.7 Å². The van der Waals surface area contributed by atoms with Gasteiger partial charge in [-0.1, -0.05) is 0 Å². The number of hydrogen-bond acceptors (Lipinski definition) is 6. The van der Waals surface area contributed by atoms with Crippen molar-refractivity contribution in [3.05, 3.63) is 0 Å². The molecule has 2 saturated carbocycles. The summed E-state index contributed by atoms with van der Waals surface area (Å²) in [5, 5.41) is 2.64. The molecule has 2 unspecified atom stereocenters. The van der Waals surface area contributed by atoms with Gasteiger partial charge in [-0.3, -0.25) is 9.59 Å². The van der Waals surface area contributed by atoms with Crippen LogP contribution in [-0.2, 0) is 29.1 Å². The minimum atomic E-state index is -3.49. The Bertz CT molecular complexity index is 699. The molecule has 3 rings (SSSR count). The molecule has 0 aromatic rings. The minimum absolute atomic E-state index is 0.0451. The van der Waals surface area contributed by atoms with Crippen LogP contribution in [0.4, 0.5) is 0 Å². The fraction of sp³-hybridized carbons (Fsp3) is 0.900. The first-order valence-corrected chi connectivity index (χ1v) is 12.6. The lowest BCUT2D eigenvalue weighted by molar-refractivity contribution is -0.144. The molecule has 1 heterocycles. The highest BCUT2D eigenvalue weighted by atomic mass is 32.2. The Balaban J connectivity index is 1.34. The van der Waals surface area contributed by atoms with Gasteiger partial charge in [-0.2, -0.15) is 4.31 Å². The summed E-state index contributed by atoms with van der Waals surface area (Å²) in [7, 11) is -3.49. The van der Waals surface area contributed by atoms with Crippen molar-refractivity contribution in [1.82, 2.24) is 14.5 Å². The molecule has 1 aliphatic heterocycles. The number of ether oxygens (including phenoxy) is 2. The average Bonchev–Trinajstić information content (AvgIpc) is 3.64. The third-order valence-electron chi connectivity index (χ3n) is 5.88. The van der Waals surface area contributed by atoms with Gasteiger partial charge < -0.3 is 19.7 Å². The molecule has 2 amide bonds. The third-order valence-corrected chi connectivity index (χ3v) is 7.75. The van der Waals surface area contributed by atoms with Crippen molar-refractivity contribution in [3.63, 3.8) is 0 Å². The summed E-state index contributed by atoms with van der Waals surface area (Å²) in [6.07, 6.45) is 3.57. The van der Waals surface area contributed by atoms with Crippen LogP contribution in [0.3, 0.4) is 0 Å². The predicted octanol–water partition coefficient (Wildman–Crippen LogP) is 0.207. The molecule has 0 aromatic heterocycles. The van der Waals surface area contributed by atoms with E-state index >= 15 is 0 Å². The van der Waals surface area contributed by atoms with E-state index in [9.17, 15) is 18.0 Å². The van der Waals surface area contributed by atoms with Gasteiger partial charge in [-0.25, -0.2) is 8.42 Å². The number of hydrogen-bond donors (Lipinski definition) is 1. The maximum absolute atomic E-state index is 12.6. The zero-order valence-electron chi connectivity index (χ0n) is 18.0. The summed E-state index contributed by atoms with van der Waals surface area (Å²) in [4.78, 5) is 26.2. The van der Waals surface area contributed by atoms with Crippen molar-refractivity contribution in [2.75, 3.05) is 51.7 Å². The van der Waals surface area contributed by atoms with Crippen molar-refractivity contribution in [1.29, 1.82) is 0 Å². The fourth-order valence-corrected chi connectivity index (χ4v) is 4.63. The van der Waals surface area contributed by atoms with Crippen LogP contribution in [0.2, 0.25) is 0 Å². The lowest BCUT2D eigenvalue weighted by Crippen LogP contribution is -2.53. The number of nitrogens with zero attached hydrogens (tertiary/aromatic N) is 2. The fourth-order valence-electron chi connectivity index (χ4n) is 3.30. The number of nitrogens with one attached hydrogen (secondary N) is 1. The summed E-state index contributed by atoms with van der Waals surface area (Å²) >= 11 is 0. The van der Waals surface area contributed by atoms with Crippen molar-refractivity contribution in [3.8, 4) is 0 Å². The van der Waals surface area contributed by atoms with Gasteiger partial charge in [0.1, 0.15) is 12.2 Å². The lowest BCUT2D eigenvalue weighted by atomic mass is 10.3. The normalized spacial score (nSPS) is 22.5. The summed E-state index contributed by atoms with van der Waals surface area (Å²) in [5.74, 6) is 0.624. The zero-order valence-corrected chi connectivity index (χ0v) is 18.9. The van der Waals surface area contributed by atoms with E-state index < -0.39 is 22.2 Å². The Hall–Kier alpha value is -1.23. The van der Waals surface area contributed by atoms with Gasteiger partial charge in [0.15, 0.2) is 0 Å². The van der Waals surface area contributed by atoms with Gasteiger partial charge in [0.2, 0.25) is 15.9 Å². The van der Waals surface area contributed by atoms with E-state index in [1.807, 2.05) is 0 Å². The molecule has 1 N–H and O–H groups in total. The number of sulfonamides is 1. The molecular formula is C20H35N3O6S. The van der Waals surface area contributed by atoms with E-state index in [1.165, 1.54) is 17.1 Å². The van der Waals surface area contributed by atoms with Crippen LogP contribution in [0.15, 0.2) is 0 Å². The number of carbonyl (C=O) groups is 2. The Morgan fingerprint density at radius 3 is 2.00 bits per heavy atom. The molecule has 30 heavy (non-hydrogen) atoms. The molecule has 1 saturated heterocycles. The van der Waals surface area contributed by atoms with Crippen molar-refractivity contribution >= 4 is 21.8 Å². The zero-order chi connectivity index (χ0) is 21.7. The average molecular weight is 446 g/mol. The van der Waals surface area contributed by atoms with Gasteiger partial charge in [-0.15, -0.1) is 0 Å². The predicted molar refractivity (Wildman–Crippen MR) is 111 cm³/mol. The highest BCUT2D eigenvalue weighted by molar-refractivity contribution is 7.89. The SMILES string of the molecule is CC(OCC1CC1)C(=O)NCCS(=O)(=O)N1CCN(C(=O)C(C)OCC2CC2)CC1. The number of rotatable bonds is 12. The molecule has 10 heteroatoms. The van der Waals surface area contributed by atoms with Crippen LogP contribution in [0.1, 0.15) is 39.5 Å². The first-order valence-electron chi connectivity index (χ1n) is 11.0. The van der Waals surface area contributed by atoms with Gasteiger partial charge in [0.05, 0.1) is 19.0 Å². The first kappa shape index (κ1) is 23.4. The second-order valence-electron chi connectivity index (χ2n) is 8.67. The molecule has 0 aromatic carbocycles. The maximum atomic E-state index is 12.6. The molecule has 0 radical (unpaired) electrons. The van der Waals surface area contributed by atoms with Gasteiger partial charge in [-0.05, 0) is 51.4 Å². The van der Waals surface area contributed by atoms with E-state index in [-0.39, 0.29) is 37.2 Å². The van der Waals surface area contributed by atoms with E-state index in [1.54, 1.807) is 18.7 Å². The Morgan fingerprint density at radius 2 is 1.47 bits per heavy atom. The number of amides is 2. The standard InChI is InChI=1S/C20H35N3O6S/c1-15(28-13-17-3-4-17)19(24)21-7-12-30(26,27)23-10-8-22(9-11-23)20(25)16(2)29-14-18-5-6-18/h15-18H,3-14H2,1-2H3,(H,21,24). The molecule has 0 bridgehead atoms. The second kappa shape index (κ2) is 10.4. The highest BCUT2D eigenvalue weighted by Gasteiger charge is 2.32. The molecule has 2 atom stereocenters. The van der Waals surface area contributed by atoms with Crippen LogP contribution in [0, 0.1) is 11.8 Å². The van der Waals surface area contributed by atoms with Crippen LogP contribution in [-0.4, -0.2) is 93.3 Å². The maximum Gasteiger partial charge on any atom is 0.251 e. The Kier molecular flexibility index (Phi) is 8.11. The van der Waals surface area contributed by atoms with Crippen LogP contribution >= 0.6 is 0 Å². The minimum Gasteiger partial charge on any atom is -0.368 e. The molecular weight excluding hydrogens is 410 g/mol. The van der Waals surface area contributed by atoms with Gasteiger partial charge >= 0.3 is 0 Å². The van der Waals surface area contributed by atoms with E-state index in [0.717, 1.165) is 12.8 Å². The van der Waals surface area contributed by atoms with Crippen molar-refractivity contribution in [2.24, 2.45) is 11.8 Å². The van der Waals surface area contributed by atoms with E-state index in [4.69, 9.17) is 9.47 Å². The topological polar surface area (TPSA) is 105 Å². The van der Waals surface area contributed by atoms with Gasteiger partial charge in [0.25, 0.3) is 5.91 Å². The summed E-state index contributed by atoms with van der Waals surface area (Å²) in [6, 6.07) is 0. The highest BCUT2D eigenvalue weighted by Crippen LogP contribution is 2.29. The number of carbonyl (C=O) groups excluding carboxylic acids is 2. The van der Waals surface area contributed by atoms with Crippen molar-refractivity contribution < 1.29 is 27.5 Å². The third kappa shape index (κ3) is 7.18. The summed E-state index contributed by atoms with van der Waals surface area (Å²) in [5.41, 5.74) is 0. The molecule has 9 nitrogen and oxygen atoms in total. The van der Waals surface area contributed by atoms with E-state index in [2.05, 4.69) is 5.32 Å². The summed E-state index contributed by atoms with van der Waals surface area (Å²) in [6.45, 7) is 5.92. The molecule has 172 valence electrons. The Labute approximate surface area is 179 Å². The molecule has 2 aliphatic carbocycles. The Morgan fingerprint density at radius 1 is 0.933 bits per heavy atom. The van der Waals surface area contributed by atoms with Crippen LogP contribution in [0.5, 0.6) is 0 Å². The molecule has 0 spiro atoms.